The van der Waals surface area contributed by atoms with Gasteiger partial charge in [0, 0.05) is 12.1 Å². The molecule has 2 aromatic rings. The highest BCUT2D eigenvalue weighted by atomic mass is 35.5. The minimum Gasteiger partial charge on any atom is -0.487 e. The van der Waals surface area contributed by atoms with Crippen molar-refractivity contribution in [3.8, 4) is 5.75 Å². The zero-order valence-electron chi connectivity index (χ0n) is 12.0. The van der Waals surface area contributed by atoms with Gasteiger partial charge < -0.3 is 10.1 Å². The quantitative estimate of drug-likeness (QED) is 0.757. The largest absolute Gasteiger partial charge is 0.487 e. The Morgan fingerprint density at radius 2 is 2.00 bits per heavy atom. The van der Waals surface area contributed by atoms with Crippen molar-refractivity contribution in [2.45, 2.75) is 26.5 Å². The van der Waals surface area contributed by atoms with Crippen LogP contribution in [0.2, 0.25) is 5.02 Å². The van der Waals surface area contributed by atoms with Crippen LogP contribution in [-0.4, -0.2) is 6.54 Å². The van der Waals surface area contributed by atoms with E-state index in [9.17, 15) is 4.39 Å². The van der Waals surface area contributed by atoms with Crippen LogP contribution in [-0.2, 0) is 13.2 Å². The van der Waals surface area contributed by atoms with E-state index in [0.29, 0.717) is 16.3 Å². The Morgan fingerprint density at radius 1 is 1.19 bits per heavy atom. The molecule has 0 bridgehead atoms. The first-order valence-electron chi connectivity index (χ1n) is 7.06. The lowest BCUT2D eigenvalue weighted by molar-refractivity contribution is 0.300. The summed E-state index contributed by atoms with van der Waals surface area (Å²) in [6.45, 7) is 3.95. The van der Waals surface area contributed by atoms with Crippen molar-refractivity contribution < 1.29 is 9.13 Å². The first kappa shape index (κ1) is 15.8. The maximum atomic E-state index is 13.8. The fourth-order valence-corrected chi connectivity index (χ4v) is 2.17. The average Bonchev–Trinajstić information content (AvgIpc) is 2.49. The molecular formula is C17H19ClFNO. The molecule has 2 rings (SSSR count). The van der Waals surface area contributed by atoms with Crippen molar-refractivity contribution >= 4 is 11.6 Å². The summed E-state index contributed by atoms with van der Waals surface area (Å²) in [5.41, 5.74) is 1.58. The molecule has 0 unspecified atom stereocenters. The summed E-state index contributed by atoms with van der Waals surface area (Å²) in [4.78, 5) is 0. The Kier molecular flexibility index (Phi) is 6.03. The van der Waals surface area contributed by atoms with Crippen molar-refractivity contribution in [3.63, 3.8) is 0 Å². The predicted octanol–water partition coefficient (Wildman–Crippen LogP) is 4.56. The maximum Gasteiger partial charge on any atom is 0.138 e. The average molecular weight is 308 g/mol. The fraction of sp³-hybridized carbons (Fsp3) is 0.294. The first-order valence-corrected chi connectivity index (χ1v) is 7.44. The van der Waals surface area contributed by atoms with Crippen LogP contribution in [0.5, 0.6) is 5.75 Å². The van der Waals surface area contributed by atoms with Gasteiger partial charge in [0.1, 0.15) is 18.2 Å². The van der Waals surface area contributed by atoms with E-state index in [1.54, 1.807) is 18.2 Å². The molecule has 21 heavy (non-hydrogen) atoms. The van der Waals surface area contributed by atoms with Gasteiger partial charge in [0.2, 0.25) is 0 Å². The van der Waals surface area contributed by atoms with Crippen molar-refractivity contribution in [2.24, 2.45) is 0 Å². The summed E-state index contributed by atoms with van der Waals surface area (Å²) >= 11 is 6.02. The highest BCUT2D eigenvalue weighted by Crippen LogP contribution is 2.24. The highest BCUT2D eigenvalue weighted by molar-refractivity contribution is 6.32. The molecule has 0 heterocycles. The molecule has 112 valence electrons. The lowest BCUT2D eigenvalue weighted by atomic mass is 10.1. The van der Waals surface area contributed by atoms with Crippen LogP contribution >= 0.6 is 11.6 Å². The predicted molar refractivity (Wildman–Crippen MR) is 84.2 cm³/mol. The number of rotatable bonds is 7. The summed E-state index contributed by atoms with van der Waals surface area (Å²) < 4.78 is 19.4. The number of nitrogens with one attached hydrogen (secondary N) is 1. The molecule has 0 aliphatic rings. The Bertz CT molecular complexity index is 589. The molecule has 0 saturated heterocycles. The molecule has 0 aliphatic carbocycles. The third-order valence-electron chi connectivity index (χ3n) is 3.09. The van der Waals surface area contributed by atoms with Gasteiger partial charge in [-0.1, -0.05) is 36.7 Å². The normalized spacial score (nSPS) is 10.6. The number of ether oxygens (including phenoxy) is 1. The third kappa shape index (κ3) is 4.73. The van der Waals surface area contributed by atoms with Crippen LogP contribution in [0.4, 0.5) is 4.39 Å². The second kappa shape index (κ2) is 8.01. The van der Waals surface area contributed by atoms with Crippen LogP contribution in [0, 0.1) is 5.82 Å². The topological polar surface area (TPSA) is 21.3 Å². The number of para-hydroxylation sites is 1. The Hall–Kier alpha value is -1.58. The summed E-state index contributed by atoms with van der Waals surface area (Å²) in [5, 5.41) is 3.82. The monoisotopic (exact) mass is 307 g/mol. The zero-order chi connectivity index (χ0) is 15.1. The number of hydrogen-bond acceptors (Lipinski definition) is 2. The van der Waals surface area contributed by atoms with E-state index in [1.165, 1.54) is 6.07 Å². The zero-order valence-corrected chi connectivity index (χ0v) is 12.8. The molecule has 2 nitrogen and oxygen atoms in total. The molecule has 0 fully saturated rings. The Labute approximate surface area is 129 Å². The van der Waals surface area contributed by atoms with E-state index in [1.807, 2.05) is 18.2 Å². The van der Waals surface area contributed by atoms with Crippen LogP contribution in [0.3, 0.4) is 0 Å². The number of benzene rings is 2. The van der Waals surface area contributed by atoms with Crippen molar-refractivity contribution in [1.82, 2.24) is 5.32 Å². The molecule has 0 radical (unpaired) electrons. The second-order valence-electron chi connectivity index (χ2n) is 4.82. The molecule has 4 heteroatoms. The second-order valence-corrected chi connectivity index (χ2v) is 5.23. The van der Waals surface area contributed by atoms with Crippen molar-refractivity contribution in [2.75, 3.05) is 6.54 Å². The minimum absolute atomic E-state index is 0.164. The van der Waals surface area contributed by atoms with E-state index in [-0.39, 0.29) is 12.4 Å². The smallest absolute Gasteiger partial charge is 0.138 e. The van der Waals surface area contributed by atoms with Gasteiger partial charge in [0.05, 0.1) is 5.02 Å². The maximum absolute atomic E-state index is 13.8. The SMILES string of the molecule is CCCNCc1ccc(F)c(COc2ccccc2Cl)c1. The van der Waals surface area contributed by atoms with Crippen molar-refractivity contribution in [3.05, 3.63) is 64.4 Å². The van der Waals surface area contributed by atoms with E-state index >= 15 is 0 Å². The first-order chi connectivity index (χ1) is 10.2. The van der Waals surface area contributed by atoms with Crippen LogP contribution in [0.1, 0.15) is 24.5 Å². The molecule has 0 amide bonds. The van der Waals surface area contributed by atoms with Gasteiger partial charge >= 0.3 is 0 Å². The third-order valence-corrected chi connectivity index (χ3v) is 3.40. The number of halogens is 2. The van der Waals surface area contributed by atoms with Crippen molar-refractivity contribution in [1.29, 1.82) is 0 Å². The van der Waals surface area contributed by atoms with Crippen LogP contribution in [0.15, 0.2) is 42.5 Å². The van der Waals surface area contributed by atoms with E-state index in [2.05, 4.69) is 12.2 Å². The van der Waals surface area contributed by atoms with Crippen LogP contribution < -0.4 is 10.1 Å². The molecular weight excluding hydrogens is 289 g/mol. The van der Waals surface area contributed by atoms with Gasteiger partial charge in [0.25, 0.3) is 0 Å². The van der Waals surface area contributed by atoms with Crippen LogP contribution in [0.25, 0.3) is 0 Å². The van der Waals surface area contributed by atoms with E-state index in [4.69, 9.17) is 16.3 Å². The summed E-state index contributed by atoms with van der Waals surface area (Å²) in [6.07, 6.45) is 1.07. The highest BCUT2D eigenvalue weighted by Gasteiger charge is 2.06. The van der Waals surface area contributed by atoms with Gasteiger partial charge in [-0.25, -0.2) is 4.39 Å². The minimum atomic E-state index is -0.263. The van der Waals surface area contributed by atoms with E-state index < -0.39 is 0 Å². The molecule has 0 aromatic heterocycles. The summed E-state index contributed by atoms with van der Waals surface area (Å²) in [5.74, 6) is 0.300. The number of hydrogen-bond donors (Lipinski definition) is 1. The Morgan fingerprint density at radius 3 is 2.76 bits per heavy atom. The summed E-state index contributed by atoms with van der Waals surface area (Å²) in [6, 6.07) is 12.3. The van der Waals surface area contributed by atoms with Gasteiger partial charge in [-0.2, -0.15) is 0 Å². The molecule has 0 spiro atoms. The molecule has 2 aromatic carbocycles. The van der Waals surface area contributed by atoms with Gasteiger partial charge in [-0.15, -0.1) is 0 Å². The molecule has 0 aliphatic heterocycles. The van der Waals surface area contributed by atoms with Gasteiger partial charge in [-0.05, 0) is 42.8 Å². The molecule has 0 saturated carbocycles. The van der Waals surface area contributed by atoms with E-state index in [0.717, 1.165) is 25.1 Å². The lowest BCUT2D eigenvalue weighted by Crippen LogP contribution is -2.14. The van der Waals surface area contributed by atoms with Gasteiger partial charge in [0.15, 0.2) is 0 Å². The standard InChI is InChI=1S/C17H19ClFNO/c1-2-9-20-11-13-7-8-16(19)14(10-13)12-21-17-6-4-3-5-15(17)18/h3-8,10,20H,2,9,11-12H2,1H3. The fourth-order valence-electron chi connectivity index (χ4n) is 1.98. The lowest BCUT2D eigenvalue weighted by Gasteiger charge is -2.10. The molecule has 0 atom stereocenters. The molecule has 1 N–H and O–H groups in total. The van der Waals surface area contributed by atoms with Gasteiger partial charge in [-0.3, -0.25) is 0 Å². The summed E-state index contributed by atoms with van der Waals surface area (Å²) in [7, 11) is 0. The Balaban J connectivity index is 2.02.